The van der Waals surface area contributed by atoms with Gasteiger partial charge in [0.1, 0.15) is 5.75 Å². The fourth-order valence-corrected chi connectivity index (χ4v) is 8.47. The number of carbonyl (C=O) groups excluding carboxylic acids is 2. The summed E-state index contributed by atoms with van der Waals surface area (Å²) in [7, 11) is 0. The molecule has 0 aromatic heterocycles. The summed E-state index contributed by atoms with van der Waals surface area (Å²) in [5.74, 6) is 1.19. The monoisotopic (exact) mass is 755 g/mol. The Morgan fingerprint density at radius 1 is 0.774 bits per heavy atom. The Kier molecular flexibility index (Phi) is 24.0. The highest BCUT2D eigenvalue weighted by Crippen LogP contribution is 2.47. The molecular formula is C47H75ClO5. The minimum absolute atomic E-state index is 0.202. The summed E-state index contributed by atoms with van der Waals surface area (Å²) in [5.41, 5.74) is 1.11. The third-order valence-electron chi connectivity index (χ3n) is 11.9. The maximum atomic E-state index is 12.6. The second-order valence-corrected chi connectivity index (χ2v) is 16.6. The van der Waals surface area contributed by atoms with E-state index in [1.807, 2.05) is 12.1 Å². The summed E-state index contributed by atoms with van der Waals surface area (Å²) in [6.07, 6.45) is 40.4. The lowest BCUT2D eigenvalue weighted by Crippen LogP contribution is -2.28. The Bertz CT molecular complexity index is 1170. The van der Waals surface area contributed by atoms with Gasteiger partial charge in [0, 0.05) is 18.2 Å². The normalized spacial score (nSPS) is 19.5. The van der Waals surface area contributed by atoms with Crippen molar-refractivity contribution in [2.75, 3.05) is 19.8 Å². The van der Waals surface area contributed by atoms with Crippen molar-refractivity contribution in [3.8, 4) is 5.75 Å². The van der Waals surface area contributed by atoms with Gasteiger partial charge in [0.05, 0.1) is 25.4 Å². The maximum absolute atomic E-state index is 12.6. The van der Waals surface area contributed by atoms with Crippen molar-refractivity contribution in [2.24, 2.45) is 17.3 Å². The van der Waals surface area contributed by atoms with Gasteiger partial charge < -0.3 is 14.2 Å². The smallest absolute Gasteiger partial charge is 0.338 e. The van der Waals surface area contributed by atoms with Crippen LogP contribution in [0.5, 0.6) is 5.75 Å². The molecule has 53 heavy (non-hydrogen) atoms. The van der Waals surface area contributed by atoms with Crippen LogP contribution in [0.2, 0.25) is 0 Å². The first-order valence-electron chi connectivity index (χ1n) is 22.0. The van der Waals surface area contributed by atoms with Crippen molar-refractivity contribution in [2.45, 2.75) is 186 Å². The number of hydrogen-bond donors (Lipinski definition) is 0. The van der Waals surface area contributed by atoms with Crippen LogP contribution in [0.3, 0.4) is 0 Å². The molecule has 0 heterocycles. The number of benzene rings is 1. The molecule has 1 aromatic rings. The van der Waals surface area contributed by atoms with Crippen molar-refractivity contribution >= 4 is 23.5 Å². The van der Waals surface area contributed by atoms with Crippen LogP contribution in [0.1, 0.15) is 191 Å². The molecule has 3 rings (SSSR count). The van der Waals surface area contributed by atoms with Gasteiger partial charge in [-0.3, -0.25) is 4.79 Å². The largest absolute Gasteiger partial charge is 0.494 e. The lowest BCUT2D eigenvalue weighted by molar-refractivity contribution is -0.144. The number of halogens is 1. The van der Waals surface area contributed by atoms with Crippen LogP contribution in [0.25, 0.3) is 0 Å². The Morgan fingerprint density at radius 3 is 2.15 bits per heavy atom. The first-order chi connectivity index (χ1) is 26.0. The minimum Gasteiger partial charge on any atom is -0.494 e. The number of hydrogen-bond acceptors (Lipinski definition) is 5. The second-order valence-electron chi connectivity index (χ2n) is 16.0. The molecule has 2 aliphatic carbocycles. The van der Waals surface area contributed by atoms with Gasteiger partial charge in [-0.1, -0.05) is 134 Å². The summed E-state index contributed by atoms with van der Waals surface area (Å²) < 4.78 is 16.7. The molecule has 0 saturated heterocycles. The van der Waals surface area contributed by atoms with Gasteiger partial charge >= 0.3 is 11.9 Å². The molecule has 0 spiro atoms. The molecule has 0 unspecified atom stereocenters. The predicted molar refractivity (Wildman–Crippen MR) is 222 cm³/mol. The van der Waals surface area contributed by atoms with Gasteiger partial charge in [-0.15, -0.1) is 11.6 Å². The van der Waals surface area contributed by atoms with Gasteiger partial charge in [-0.05, 0) is 99.7 Å². The third-order valence-corrected chi connectivity index (χ3v) is 12.4. The molecule has 0 bridgehead atoms. The fourth-order valence-electron chi connectivity index (χ4n) is 8.05. The van der Waals surface area contributed by atoms with Crippen molar-refractivity contribution in [1.82, 2.24) is 0 Å². The number of rotatable bonds is 31. The van der Waals surface area contributed by atoms with Crippen LogP contribution in [-0.2, 0) is 14.3 Å². The van der Waals surface area contributed by atoms with Crippen molar-refractivity contribution < 1.29 is 23.8 Å². The summed E-state index contributed by atoms with van der Waals surface area (Å²) in [6, 6.07) is 7.19. The van der Waals surface area contributed by atoms with E-state index in [9.17, 15) is 9.59 Å². The Hall–Kier alpha value is -2.27. The average Bonchev–Trinajstić information content (AvgIpc) is 3.50. The molecule has 0 amide bonds. The molecule has 5 nitrogen and oxygen atoms in total. The number of allylic oxidation sites excluding steroid dienone is 4. The highest BCUT2D eigenvalue weighted by atomic mass is 35.5. The fraction of sp³-hybridized carbons (Fsp3) is 0.745. The zero-order valence-electron chi connectivity index (χ0n) is 33.8. The number of alkyl halides is 1. The molecule has 1 aromatic carbocycles. The molecule has 0 aliphatic heterocycles. The van der Waals surface area contributed by atoms with Crippen molar-refractivity contribution in [3.63, 3.8) is 0 Å². The van der Waals surface area contributed by atoms with Crippen LogP contribution in [-0.4, -0.2) is 37.1 Å². The molecule has 6 heteroatoms. The Morgan fingerprint density at radius 2 is 1.47 bits per heavy atom. The quantitative estimate of drug-likeness (QED) is 0.0327. The molecule has 0 radical (unpaired) electrons. The molecule has 300 valence electrons. The average molecular weight is 756 g/mol. The van der Waals surface area contributed by atoms with Crippen LogP contribution in [0.4, 0.5) is 0 Å². The number of carbonyl (C=O) groups is 2. The zero-order chi connectivity index (χ0) is 37.8. The SMILES string of the molecule is CCCCCCCCCCCCCCCOc1cccc(C(=O)OCCCOC(=O)CCC/C=C\C[C@H]2[C@H](Cl)CC[C@@H]2/C=C/CCC2(CC)CCC2)c1. The standard InChI is InChI=1S/C47H75ClO5/c1-3-5-6-7-8-9-10-11-12-13-14-17-22-36-51-42-28-23-27-41(39-42)46(50)53-38-25-37-52-45(49)30-19-16-15-18-29-43-40(31-32-44(43)48)26-20-21-33-47(4-2)34-24-35-47/h15,18,20,23,26-28,39-40,43-44H,3-14,16-17,19,21-22,24-25,29-38H2,1-2H3/b18-15-,26-20+/t40-,43+,44+/m0/s1. The molecule has 3 atom stereocenters. The first-order valence-corrected chi connectivity index (χ1v) is 22.4. The molecule has 2 fully saturated rings. The maximum Gasteiger partial charge on any atom is 0.338 e. The topological polar surface area (TPSA) is 61.8 Å². The van der Waals surface area contributed by atoms with E-state index in [1.165, 1.54) is 122 Å². The van der Waals surface area contributed by atoms with Gasteiger partial charge in [-0.25, -0.2) is 4.79 Å². The van der Waals surface area contributed by atoms with E-state index >= 15 is 0 Å². The Balaban J connectivity index is 1.15. The second kappa shape index (κ2) is 28.2. The minimum atomic E-state index is -0.385. The van der Waals surface area contributed by atoms with E-state index in [-0.39, 0.29) is 30.5 Å². The first kappa shape index (κ1) is 45.1. The zero-order valence-corrected chi connectivity index (χ0v) is 34.5. The van der Waals surface area contributed by atoms with Gasteiger partial charge in [0.2, 0.25) is 0 Å². The molecule has 2 aliphatic rings. The van der Waals surface area contributed by atoms with E-state index in [4.69, 9.17) is 25.8 Å². The van der Waals surface area contributed by atoms with Crippen molar-refractivity contribution in [3.05, 3.63) is 54.1 Å². The number of esters is 2. The van der Waals surface area contributed by atoms with E-state index in [0.29, 0.717) is 48.0 Å². The Labute approximate surface area is 329 Å². The lowest BCUT2D eigenvalue weighted by Gasteiger charge is -2.41. The summed E-state index contributed by atoms with van der Waals surface area (Å²) in [6.45, 7) is 5.73. The van der Waals surface area contributed by atoms with E-state index in [0.717, 1.165) is 32.1 Å². The van der Waals surface area contributed by atoms with Crippen LogP contribution in [0, 0.1) is 17.3 Å². The van der Waals surface area contributed by atoms with Crippen molar-refractivity contribution in [1.29, 1.82) is 0 Å². The number of ether oxygens (including phenoxy) is 3. The predicted octanol–water partition coefficient (Wildman–Crippen LogP) is 13.9. The lowest BCUT2D eigenvalue weighted by atomic mass is 9.64. The van der Waals surface area contributed by atoms with E-state index in [2.05, 4.69) is 38.2 Å². The van der Waals surface area contributed by atoms with Gasteiger partial charge in [0.15, 0.2) is 0 Å². The summed E-state index contributed by atoms with van der Waals surface area (Å²) in [5, 5.41) is 0.250. The van der Waals surface area contributed by atoms with Gasteiger partial charge in [-0.2, -0.15) is 0 Å². The highest BCUT2D eigenvalue weighted by Gasteiger charge is 2.34. The van der Waals surface area contributed by atoms with E-state index < -0.39 is 0 Å². The van der Waals surface area contributed by atoms with E-state index in [1.54, 1.807) is 12.1 Å². The third kappa shape index (κ3) is 19.2. The molecule has 0 N–H and O–H groups in total. The summed E-state index contributed by atoms with van der Waals surface area (Å²) >= 11 is 6.71. The molecule has 2 saturated carbocycles. The molecular weight excluding hydrogens is 680 g/mol. The highest BCUT2D eigenvalue weighted by molar-refractivity contribution is 6.21. The summed E-state index contributed by atoms with van der Waals surface area (Å²) in [4.78, 5) is 24.8. The van der Waals surface area contributed by atoms with Crippen LogP contribution >= 0.6 is 11.6 Å². The number of unbranched alkanes of at least 4 members (excludes halogenated alkanes) is 13. The van der Waals surface area contributed by atoms with Crippen LogP contribution < -0.4 is 4.74 Å². The van der Waals surface area contributed by atoms with Crippen LogP contribution in [0.15, 0.2) is 48.6 Å². The van der Waals surface area contributed by atoms with Gasteiger partial charge in [0.25, 0.3) is 0 Å².